The molecular formula is C15H18N4O. The zero-order chi connectivity index (χ0) is 13.9. The Bertz CT molecular complexity index is 606. The number of H-pyrrole nitrogens is 1. The summed E-state index contributed by atoms with van der Waals surface area (Å²) in [6.07, 6.45) is 4.20. The van der Waals surface area contributed by atoms with Crippen molar-refractivity contribution in [3.63, 3.8) is 0 Å². The minimum atomic E-state index is -0.0293. The largest absolute Gasteiger partial charge is 0.374 e. The first-order valence-electron chi connectivity index (χ1n) is 6.84. The van der Waals surface area contributed by atoms with Crippen LogP contribution in [0.3, 0.4) is 0 Å². The van der Waals surface area contributed by atoms with E-state index in [1.54, 1.807) is 12.3 Å². The Balaban J connectivity index is 1.70. The number of aromatic amines is 1. The zero-order valence-electron chi connectivity index (χ0n) is 11.5. The fourth-order valence-electron chi connectivity index (χ4n) is 2.62. The van der Waals surface area contributed by atoms with E-state index in [0.29, 0.717) is 6.42 Å². The van der Waals surface area contributed by atoms with Crippen LogP contribution in [0.25, 0.3) is 0 Å². The SMILES string of the molecule is CN1CCCc2cc(NC(=O)Cc3ccn[nH]3)ccc21. The first kappa shape index (κ1) is 12.7. The number of carbonyl (C=O) groups excluding carboxylic acids is 1. The molecule has 0 saturated carbocycles. The number of aromatic nitrogens is 2. The van der Waals surface area contributed by atoms with Crippen molar-refractivity contribution in [2.24, 2.45) is 0 Å². The molecule has 0 saturated heterocycles. The summed E-state index contributed by atoms with van der Waals surface area (Å²) in [6, 6.07) is 7.93. The Labute approximate surface area is 118 Å². The summed E-state index contributed by atoms with van der Waals surface area (Å²) in [5.41, 5.74) is 4.25. The Morgan fingerprint density at radius 3 is 3.15 bits per heavy atom. The molecule has 1 aromatic heterocycles. The molecule has 1 aliphatic heterocycles. The fourth-order valence-corrected chi connectivity index (χ4v) is 2.62. The number of fused-ring (bicyclic) bond motifs is 1. The van der Waals surface area contributed by atoms with E-state index in [-0.39, 0.29) is 5.91 Å². The van der Waals surface area contributed by atoms with Crippen LogP contribution in [0.2, 0.25) is 0 Å². The van der Waals surface area contributed by atoms with Gasteiger partial charge in [-0.25, -0.2) is 0 Å². The van der Waals surface area contributed by atoms with Crippen molar-refractivity contribution in [3.8, 4) is 0 Å². The molecule has 0 radical (unpaired) electrons. The number of benzene rings is 1. The second kappa shape index (κ2) is 5.36. The Hall–Kier alpha value is -2.30. The lowest BCUT2D eigenvalue weighted by molar-refractivity contribution is -0.115. The molecule has 1 aromatic carbocycles. The van der Waals surface area contributed by atoms with Crippen LogP contribution >= 0.6 is 0 Å². The van der Waals surface area contributed by atoms with E-state index in [9.17, 15) is 4.79 Å². The monoisotopic (exact) mass is 270 g/mol. The summed E-state index contributed by atoms with van der Waals surface area (Å²) < 4.78 is 0. The lowest BCUT2D eigenvalue weighted by Gasteiger charge is -2.27. The molecule has 0 aliphatic carbocycles. The molecule has 1 aliphatic rings. The predicted molar refractivity (Wildman–Crippen MR) is 79.0 cm³/mol. The minimum absolute atomic E-state index is 0.0293. The van der Waals surface area contributed by atoms with Gasteiger partial charge in [0.05, 0.1) is 6.42 Å². The number of nitrogens with one attached hydrogen (secondary N) is 2. The number of nitrogens with zero attached hydrogens (tertiary/aromatic N) is 2. The molecule has 2 aromatic rings. The highest BCUT2D eigenvalue weighted by atomic mass is 16.1. The number of carbonyl (C=O) groups is 1. The van der Waals surface area contributed by atoms with Gasteiger partial charge in [0.15, 0.2) is 0 Å². The summed E-state index contributed by atoms with van der Waals surface area (Å²) in [6.45, 7) is 1.10. The topological polar surface area (TPSA) is 61.0 Å². The predicted octanol–water partition coefficient (Wildman–Crippen LogP) is 1.97. The molecule has 3 rings (SSSR count). The average molecular weight is 270 g/mol. The maximum absolute atomic E-state index is 11.9. The number of hydrogen-bond donors (Lipinski definition) is 2. The number of rotatable bonds is 3. The molecule has 1 amide bonds. The number of amides is 1. The van der Waals surface area contributed by atoms with E-state index in [1.807, 2.05) is 6.07 Å². The van der Waals surface area contributed by atoms with Crippen molar-refractivity contribution in [1.82, 2.24) is 10.2 Å². The van der Waals surface area contributed by atoms with Gasteiger partial charge in [0, 0.05) is 36.9 Å². The van der Waals surface area contributed by atoms with Gasteiger partial charge in [-0.15, -0.1) is 0 Å². The van der Waals surface area contributed by atoms with Gasteiger partial charge in [-0.1, -0.05) is 0 Å². The van der Waals surface area contributed by atoms with E-state index in [0.717, 1.165) is 30.8 Å². The molecule has 104 valence electrons. The molecule has 0 unspecified atom stereocenters. The third-order valence-electron chi connectivity index (χ3n) is 3.62. The molecule has 5 heteroatoms. The summed E-state index contributed by atoms with van der Waals surface area (Å²) in [5.74, 6) is -0.0293. The van der Waals surface area contributed by atoms with Crippen LogP contribution in [0, 0.1) is 0 Å². The van der Waals surface area contributed by atoms with Gasteiger partial charge in [0.2, 0.25) is 5.91 Å². The van der Waals surface area contributed by atoms with Gasteiger partial charge in [0.1, 0.15) is 0 Å². The summed E-state index contributed by atoms with van der Waals surface area (Å²) >= 11 is 0. The lowest BCUT2D eigenvalue weighted by Crippen LogP contribution is -2.24. The van der Waals surface area contributed by atoms with Gasteiger partial charge in [-0.3, -0.25) is 9.89 Å². The van der Waals surface area contributed by atoms with Gasteiger partial charge < -0.3 is 10.2 Å². The first-order valence-corrected chi connectivity index (χ1v) is 6.84. The smallest absolute Gasteiger partial charge is 0.230 e. The van der Waals surface area contributed by atoms with Crippen molar-refractivity contribution in [2.75, 3.05) is 23.8 Å². The van der Waals surface area contributed by atoms with Crippen LogP contribution in [0.15, 0.2) is 30.5 Å². The highest BCUT2D eigenvalue weighted by Gasteiger charge is 2.14. The van der Waals surface area contributed by atoms with Gasteiger partial charge in [-0.05, 0) is 42.7 Å². The molecule has 2 N–H and O–H groups in total. The molecule has 0 spiro atoms. The van der Waals surface area contributed by atoms with Gasteiger partial charge in [0.25, 0.3) is 0 Å². The number of hydrogen-bond acceptors (Lipinski definition) is 3. The van der Waals surface area contributed by atoms with Crippen LogP contribution in [0.4, 0.5) is 11.4 Å². The molecule has 0 bridgehead atoms. The maximum Gasteiger partial charge on any atom is 0.230 e. The number of anilines is 2. The van der Waals surface area contributed by atoms with Crippen LogP contribution in [-0.4, -0.2) is 29.7 Å². The third kappa shape index (κ3) is 2.66. The van der Waals surface area contributed by atoms with Crippen molar-refractivity contribution in [3.05, 3.63) is 41.7 Å². The highest BCUT2D eigenvalue weighted by Crippen LogP contribution is 2.28. The quantitative estimate of drug-likeness (QED) is 0.896. The average Bonchev–Trinajstić information content (AvgIpc) is 2.91. The van der Waals surface area contributed by atoms with E-state index in [4.69, 9.17) is 0 Å². The molecular weight excluding hydrogens is 252 g/mol. The molecule has 0 fully saturated rings. The van der Waals surface area contributed by atoms with Crippen molar-refractivity contribution in [2.45, 2.75) is 19.3 Å². The van der Waals surface area contributed by atoms with Crippen molar-refractivity contribution < 1.29 is 4.79 Å². The number of aryl methyl sites for hydroxylation is 1. The van der Waals surface area contributed by atoms with E-state index in [2.05, 4.69) is 39.6 Å². The Morgan fingerprint density at radius 2 is 2.35 bits per heavy atom. The molecule has 0 atom stereocenters. The van der Waals surface area contributed by atoms with Gasteiger partial charge in [-0.2, -0.15) is 5.10 Å². The summed E-state index contributed by atoms with van der Waals surface area (Å²) in [4.78, 5) is 14.2. The fraction of sp³-hybridized carbons (Fsp3) is 0.333. The third-order valence-corrected chi connectivity index (χ3v) is 3.62. The van der Waals surface area contributed by atoms with Crippen molar-refractivity contribution in [1.29, 1.82) is 0 Å². The molecule has 20 heavy (non-hydrogen) atoms. The second-order valence-electron chi connectivity index (χ2n) is 5.18. The van der Waals surface area contributed by atoms with Crippen molar-refractivity contribution >= 4 is 17.3 Å². The molecule has 5 nitrogen and oxygen atoms in total. The lowest BCUT2D eigenvalue weighted by atomic mass is 10.0. The zero-order valence-corrected chi connectivity index (χ0v) is 11.5. The van der Waals surface area contributed by atoms with Crippen LogP contribution < -0.4 is 10.2 Å². The standard InChI is InChI=1S/C15H18N4O/c1-19-8-2-3-11-9-12(4-5-14(11)19)17-15(20)10-13-6-7-16-18-13/h4-7,9H,2-3,8,10H2,1H3,(H,16,18)(H,17,20). The van der Waals surface area contributed by atoms with Crippen LogP contribution in [-0.2, 0) is 17.6 Å². The Kier molecular flexibility index (Phi) is 3.41. The minimum Gasteiger partial charge on any atom is -0.374 e. The first-order chi connectivity index (χ1) is 9.72. The normalized spacial score (nSPS) is 13.9. The maximum atomic E-state index is 11.9. The summed E-state index contributed by atoms with van der Waals surface area (Å²) in [5, 5.41) is 9.57. The van der Waals surface area contributed by atoms with Crippen LogP contribution in [0.1, 0.15) is 17.7 Å². The van der Waals surface area contributed by atoms with E-state index in [1.165, 1.54) is 11.3 Å². The Morgan fingerprint density at radius 1 is 1.45 bits per heavy atom. The second-order valence-corrected chi connectivity index (χ2v) is 5.18. The van der Waals surface area contributed by atoms with E-state index < -0.39 is 0 Å². The summed E-state index contributed by atoms with van der Waals surface area (Å²) in [7, 11) is 2.11. The highest BCUT2D eigenvalue weighted by molar-refractivity contribution is 5.92. The van der Waals surface area contributed by atoms with Crippen LogP contribution in [0.5, 0.6) is 0 Å². The van der Waals surface area contributed by atoms with E-state index >= 15 is 0 Å². The van der Waals surface area contributed by atoms with Gasteiger partial charge >= 0.3 is 0 Å². The molecule has 2 heterocycles.